The van der Waals surface area contributed by atoms with E-state index in [1.54, 1.807) is 0 Å². The molecule has 0 aromatic heterocycles. The molecule has 0 aliphatic rings. The SMILES string of the molecule is CCCCCC(CCCC)P(O)(O)(O)CCCC. The summed E-state index contributed by atoms with van der Waals surface area (Å²) in [5.41, 5.74) is -0.297. The van der Waals surface area contributed by atoms with Crippen LogP contribution in [-0.4, -0.2) is 26.5 Å². The van der Waals surface area contributed by atoms with Gasteiger partial charge in [-0.2, -0.15) is 0 Å². The maximum absolute atomic E-state index is 10.3. The van der Waals surface area contributed by atoms with E-state index >= 15 is 0 Å². The molecule has 0 saturated heterocycles. The molecular weight excluding hydrogens is 247 g/mol. The van der Waals surface area contributed by atoms with Crippen LogP contribution in [0.4, 0.5) is 0 Å². The van der Waals surface area contributed by atoms with Gasteiger partial charge in [0, 0.05) is 0 Å². The zero-order valence-corrected chi connectivity index (χ0v) is 13.3. The molecule has 1 atom stereocenters. The molecule has 0 heterocycles. The third kappa shape index (κ3) is 7.04. The summed E-state index contributed by atoms with van der Waals surface area (Å²) in [5.74, 6) is 0. The molecule has 4 heteroatoms. The fraction of sp³-hybridized carbons (Fsp3) is 1.00. The van der Waals surface area contributed by atoms with Crippen molar-refractivity contribution in [1.82, 2.24) is 0 Å². The van der Waals surface area contributed by atoms with Crippen LogP contribution in [0.3, 0.4) is 0 Å². The summed E-state index contributed by atoms with van der Waals surface area (Å²) in [5, 5.41) is 0. The van der Waals surface area contributed by atoms with Crippen LogP contribution in [-0.2, 0) is 0 Å². The van der Waals surface area contributed by atoms with Gasteiger partial charge in [0.1, 0.15) is 0 Å². The monoisotopic (exact) mass is 280 g/mol. The van der Waals surface area contributed by atoms with Crippen molar-refractivity contribution in [2.45, 2.75) is 84.2 Å². The first-order valence-corrected chi connectivity index (χ1v) is 9.96. The molecule has 0 spiro atoms. The molecule has 0 bridgehead atoms. The van der Waals surface area contributed by atoms with Crippen molar-refractivity contribution in [2.75, 3.05) is 6.16 Å². The Morgan fingerprint density at radius 1 is 0.722 bits per heavy atom. The Morgan fingerprint density at radius 2 is 1.22 bits per heavy atom. The summed E-state index contributed by atoms with van der Waals surface area (Å²) >= 11 is 0. The van der Waals surface area contributed by atoms with Crippen molar-refractivity contribution in [1.29, 1.82) is 0 Å². The molecule has 0 radical (unpaired) electrons. The Balaban J connectivity index is 4.56. The van der Waals surface area contributed by atoms with Gasteiger partial charge in [-0.1, -0.05) is 0 Å². The maximum atomic E-state index is 10.3. The van der Waals surface area contributed by atoms with Crippen LogP contribution in [0.25, 0.3) is 0 Å². The van der Waals surface area contributed by atoms with Gasteiger partial charge in [-0.3, -0.25) is 0 Å². The van der Waals surface area contributed by atoms with E-state index in [0.29, 0.717) is 6.42 Å². The van der Waals surface area contributed by atoms with Crippen molar-refractivity contribution in [3.05, 3.63) is 0 Å². The van der Waals surface area contributed by atoms with Gasteiger partial charge in [-0.15, -0.1) is 0 Å². The first-order chi connectivity index (χ1) is 8.35. The van der Waals surface area contributed by atoms with Crippen LogP contribution in [0.15, 0.2) is 0 Å². The van der Waals surface area contributed by atoms with Crippen LogP contribution in [0, 0.1) is 0 Å². The number of hydrogen-bond donors (Lipinski definition) is 3. The molecule has 0 saturated carbocycles. The zero-order chi connectivity index (χ0) is 14.1. The van der Waals surface area contributed by atoms with E-state index in [-0.39, 0.29) is 11.8 Å². The van der Waals surface area contributed by atoms with E-state index in [4.69, 9.17) is 0 Å². The van der Waals surface area contributed by atoms with E-state index in [0.717, 1.165) is 51.4 Å². The molecule has 0 aliphatic carbocycles. The summed E-state index contributed by atoms with van der Waals surface area (Å²) in [6.07, 6.45) is 8.44. The van der Waals surface area contributed by atoms with Crippen LogP contribution in [0.5, 0.6) is 0 Å². The fourth-order valence-corrected chi connectivity index (χ4v) is 5.10. The molecule has 18 heavy (non-hydrogen) atoms. The standard InChI is InChI=1S/C14H33O3P/c1-4-7-10-12-14(11-8-5-2)18(15,16,17)13-9-6-3/h14-17H,4-13H2,1-3H3. The Bertz CT molecular complexity index is 211. The molecule has 0 aromatic rings. The quantitative estimate of drug-likeness (QED) is 0.392. The van der Waals surface area contributed by atoms with Crippen molar-refractivity contribution >= 4 is 7.28 Å². The van der Waals surface area contributed by atoms with E-state index in [2.05, 4.69) is 13.8 Å². The topological polar surface area (TPSA) is 60.7 Å². The second-order valence-corrected chi connectivity index (χ2v) is 9.21. The second kappa shape index (κ2) is 8.47. The summed E-state index contributed by atoms with van der Waals surface area (Å²) in [6, 6.07) is 0. The van der Waals surface area contributed by atoms with Crippen molar-refractivity contribution in [2.24, 2.45) is 0 Å². The van der Waals surface area contributed by atoms with E-state index in [9.17, 15) is 14.7 Å². The van der Waals surface area contributed by atoms with Crippen LogP contribution in [0.2, 0.25) is 0 Å². The molecule has 3 nitrogen and oxygen atoms in total. The predicted octanol–water partition coefficient (Wildman–Crippen LogP) is 4.20. The molecule has 0 amide bonds. The normalized spacial score (nSPS) is 16.2. The number of hydrogen-bond acceptors (Lipinski definition) is 3. The minimum atomic E-state index is -4.42. The average molecular weight is 280 g/mol. The van der Waals surface area contributed by atoms with Crippen molar-refractivity contribution in [3.63, 3.8) is 0 Å². The van der Waals surface area contributed by atoms with Crippen molar-refractivity contribution in [3.8, 4) is 0 Å². The van der Waals surface area contributed by atoms with Crippen molar-refractivity contribution < 1.29 is 14.7 Å². The van der Waals surface area contributed by atoms with Gasteiger partial charge < -0.3 is 0 Å². The summed E-state index contributed by atoms with van der Waals surface area (Å²) in [4.78, 5) is 31.0. The van der Waals surface area contributed by atoms with E-state index < -0.39 is 7.28 Å². The number of unbranched alkanes of at least 4 members (excludes halogenated alkanes) is 4. The first-order valence-electron chi connectivity index (χ1n) is 7.61. The Hall–Kier alpha value is 0.310. The third-order valence-corrected chi connectivity index (χ3v) is 6.91. The summed E-state index contributed by atoms with van der Waals surface area (Å²) in [7, 11) is -4.42. The molecule has 0 aliphatic heterocycles. The van der Waals surface area contributed by atoms with E-state index in [1.807, 2.05) is 6.92 Å². The third-order valence-electron chi connectivity index (χ3n) is 3.72. The number of rotatable bonds is 11. The summed E-state index contributed by atoms with van der Waals surface area (Å²) in [6.45, 7) is 6.23. The summed E-state index contributed by atoms with van der Waals surface area (Å²) < 4.78 is 0. The first kappa shape index (κ1) is 18.3. The van der Waals surface area contributed by atoms with Gasteiger partial charge >= 0.3 is 112 Å². The Morgan fingerprint density at radius 3 is 1.72 bits per heavy atom. The molecule has 0 fully saturated rings. The van der Waals surface area contributed by atoms with Crippen LogP contribution in [0.1, 0.15) is 78.6 Å². The van der Waals surface area contributed by atoms with Crippen LogP contribution >= 0.6 is 7.28 Å². The minimum absolute atomic E-state index is 0.183. The van der Waals surface area contributed by atoms with Gasteiger partial charge in [0.15, 0.2) is 0 Å². The fourth-order valence-electron chi connectivity index (χ4n) is 2.39. The van der Waals surface area contributed by atoms with Gasteiger partial charge in [0.2, 0.25) is 0 Å². The molecule has 0 aromatic carbocycles. The van der Waals surface area contributed by atoms with Gasteiger partial charge in [0.05, 0.1) is 0 Å². The molecular formula is C14H33O3P. The Kier molecular flexibility index (Phi) is 8.62. The zero-order valence-electron chi connectivity index (χ0n) is 12.4. The van der Waals surface area contributed by atoms with Crippen LogP contribution < -0.4 is 0 Å². The van der Waals surface area contributed by atoms with Gasteiger partial charge in [-0.05, 0) is 0 Å². The molecule has 0 rings (SSSR count). The predicted molar refractivity (Wildman–Crippen MR) is 80.8 cm³/mol. The molecule has 3 N–H and O–H groups in total. The molecule has 112 valence electrons. The van der Waals surface area contributed by atoms with Gasteiger partial charge in [-0.25, -0.2) is 0 Å². The molecule has 1 unspecified atom stereocenters. The average Bonchev–Trinajstić information content (AvgIpc) is 2.30. The van der Waals surface area contributed by atoms with E-state index in [1.165, 1.54) is 0 Å². The Labute approximate surface area is 113 Å². The van der Waals surface area contributed by atoms with Gasteiger partial charge in [0.25, 0.3) is 0 Å². The second-order valence-electron chi connectivity index (χ2n) is 5.59.